The monoisotopic (exact) mass is 323 g/mol. The minimum Gasteiger partial charge on any atom is -0.468 e. The Balaban J connectivity index is 2.46. The summed E-state index contributed by atoms with van der Waals surface area (Å²) in [5.41, 5.74) is 7.86. The Hall–Kier alpha value is -1.82. The number of aromatic nitrogens is 2. The first kappa shape index (κ1) is 13.6. The molecule has 0 unspecified atom stereocenters. The van der Waals surface area contributed by atoms with Crippen LogP contribution in [0.5, 0.6) is 6.01 Å². The number of ether oxygens (including phenoxy) is 1. The predicted octanol–water partition coefficient (Wildman–Crippen LogP) is 1.95. The summed E-state index contributed by atoms with van der Waals surface area (Å²) in [5, 5.41) is 0. The quantitative estimate of drug-likeness (QED) is 0.876. The number of nitrogens with two attached hydrogens (primary N) is 1. The highest BCUT2D eigenvalue weighted by Crippen LogP contribution is 2.20. The third kappa shape index (κ3) is 2.96. The molecule has 0 atom stereocenters. The van der Waals surface area contributed by atoms with E-state index in [4.69, 9.17) is 10.5 Å². The zero-order valence-electron chi connectivity index (χ0n) is 10.7. The van der Waals surface area contributed by atoms with Gasteiger partial charge in [0.05, 0.1) is 13.7 Å². The Labute approximate surface area is 119 Å². The molecule has 1 aromatic carbocycles. The maximum Gasteiger partial charge on any atom is 0.299 e. The summed E-state index contributed by atoms with van der Waals surface area (Å²) in [4.78, 5) is 16.2. The average molecular weight is 324 g/mol. The lowest BCUT2D eigenvalue weighted by atomic mass is 10.2. The molecule has 1 heterocycles. The zero-order valence-corrected chi connectivity index (χ0v) is 12.3. The largest absolute Gasteiger partial charge is 0.468 e. The van der Waals surface area contributed by atoms with Crippen molar-refractivity contribution >= 4 is 21.6 Å². The Kier molecular flexibility index (Phi) is 3.90. The van der Waals surface area contributed by atoms with Crippen molar-refractivity contribution in [3.8, 4) is 6.01 Å². The fourth-order valence-electron chi connectivity index (χ4n) is 1.78. The second-order valence-electron chi connectivity index (χ2n) is 4.15. The molecule has 0 saturated carbocycles. The highest BCUT2D eigenvalue weighted by molar-refractivity contribution is 9.10. The fourth-order valence-corrected chi connectivity index (χ4v) is 2.15. The first-order chi connectivity index (χ1) is 9.01. The van der Waals surface area contributed by atoms with Crippen LogP contribution in [0, 0.1) is 6.92 Å². The number of rotatable bonds is 3. The van der Waals surface area contributed by atoms with Gasteiger partial charge in [0.15, 0.2) is 0 Å². The van der Waals surface area contributed by atoms with Crippen LogP contribution in [0.2, 0.25) is 0 Å². The van der Waals surface area contributed by atoms with Crippen molar-refractivity contribution in [2.45, 2.75) is 13.5 Å². The molecule has 2 rings (SSSR count). The average Bonchev–Trinajstić information content (AvgIpc) is 2.34. The number of methoxy groups -OCH3 is 1. The minimum absolute atomic E-state index is 0.160. The van der Waals surface area contributed by atoms with E-state index in [-0.39, 0.29) is 11.6 Å². The molecule has 19 heavy (non-hydrogen) atoms. The molecule has 2 aromatic rings. The Morgan fingerprint density at radius 1 is 1.42 bits per heavy atom. The van der Waals surface area contributed by atoms with Gasteiger partial charge in [-0.2, -0.15) is 0 Å². The molecule has 2 N–H and O–H groups in total. The molecule has 0 aliphatic rings. The maximum atomic E-state index is 12.0. The van der Waals surface area contributed by atoms with E-state index in [0.717, 1.165) is 10.0 Å². The first-order valence-electron chi connectivity index (χ1n) is 5.67. The number of nitrogens with zero attached hydrogens (tertiary/aromatic N) is 2. The molecule has 6 heteroatoms. The molecule has 0 aliphatic heterocycles. The third-order valence-corrected chi connectivity index (χ3v) is 3.21. The van der Waals surface area contributed by atoms with Crippen LogP contribution < -0.4 is 16.0 Å². The van der Waals surface area contributed by atoms with E-state index >= 15 is 0 Å². The Morgan fingerprint density at radius 3 is 2.79 bits per heavy atom. The van der Waals surface area contributed by atoms with Crippen molar-refractivity contribution in [1.29, 1.82) is 0 Å². The normalized spacial score (nSPS) is 10.5. The van der Waals surface area contributed by atoms with E-state index in [1.807, 2.05) is 12.1 Å². The van der Waals surface area contributed by atoms with Crippen LogP contribution in [0.25, 0.3) is 0 Å². The van der Waals surface area contributed by atoms with E-state index in [2.05, 4.69) is 20.9 Å². The van der Waals surface area contributed by atoms with E-state index in [0.29, 0.717) is 17.9 Å². The standard InChI is InChI=1S/C13H14BrN3O2/c1-8-5-12(18)17(13(16-8)19-2)7-9-3-4-10(14)6-11(9)15/h3-6H,7,15H2,1-2H3. The molecule has 0 saturated heterocycles. The number of hydrogen-bond acceptors (Lipinski definition) is 4. The van der Waals surface area contributed by atoms with E-state index in [9.17, 15) is 4.79 Å². The van der Waals surface area contributed by atoms with Crippen LogP contribution in [0.4, 0.5) is 5.69 Å². The van der Waals surface area contributed by atoms with Crippen molar-refractivity contribution in [2.75, 3.05) is 12.8 Å². The van der Waals surface area contributed by atoms with E-state index in [1.165, 1.54) is 17.7 Å². The SMILES string of the molecule is COc1nc(C)cc(=O)n1Cc1ccc(Br)cc1N. The molecule has 0 fully saturated rings. The number of benzene rings is 1. The van der Waals surface area contributed by atoms with E-state index in [1.54, 1.807) is 13.0 Å². The fraction of sp³-hybridized carbons (Fsp3) is 0.231. The smallest absolute Gasteiger partial charge is 0.299 e. The minimum atomic E-state index is -0.160. The molecular weight excluding hydrogens is 310 g/mol. The molecular formula is C13H14BrN3O2. The number of halogens is 1. The molecule has 0 radical (unpaired) electrons. The second kappa shape index (κ2) is 5.44. The first-order valence-corrected chi connectivity index (χ1v) is 6.47. The topological polar surface area (TPSA) is 70.1 Å². The summed E-state index contributed by atoms with van der Waals surface area (Å²) in [5.74, 6) is 0. The van der Waals surface area contributed by atoms with Crippen molar-refractivity contribution in [3.05, 3.63) is 50.3 Å². The van der Waals surface area contributed by atoms with Gasteiger partial charge in [0, 0.05) is 21.9 Å². The van der Waals surface area contributed by atoms with Crippen LogP contribution in [-0.2, 0) is 6.54 Å². The summed E-state index contributed by atoms with van der Waals surface area (Å²) in [6.45, 7) is 2.08. The van der Waals surface area contributed by atoms with Gasteiger partial charge in [0.2, 0.25) is 0 Å². The molecule has 100 valence electrons. The summed E-state index contributed by atoms with van der Waals surface area (Å²) in [6, 6.07) is 7.30. The van der Waals surface area contributed by atoms with Gasteiger partial charge in [-0.05, 0) is 24.6 Å². The van der Waals surface area contributed by atoms with Crippen LogP contribution >= 0.6 is 15.9 Å². The predicted molar refractivity (Wildman–Crippen MR) is 77.4 cm³/mol. The Bertz CT molecular complexity index is 667. The molecule has 0 aliphatic carbocycles. The van der Waals surface area contributed by atoms with Crippen LogP contribution in [0.15, 0.2) is 33.5 Å². The number of anilines is 1. The van der Waals surface area contributed by atoms with Gasteiger partial charge in [-0.1, -0.05) is 22.0 Å². The highest BCUT2D eigenvalue weighted by Gasteiger charge is 2.09. The number of hydrogen-bond donors (Lipinski definition) is 1. The van der Waals surface area contributed by atoms with Gasteiger partial charge in [0.25, 0.3) is 11.6 Å². The number of nitrogen functional groups attached to an aromatic ring is 1. The summed E-state index contributed by atoms with van der Waals surface area (Å²) in [6.07, 6.45) is 0. The second-order valence-corrected chi connectivity index (χ2v) is 5.07. The van der Waals surface area contributed by atoms with Crippen LogP contribution in [0.1, 0.15) is 11.3 Å². The van der Waals surface area contributed by atoms with Crippen LogP contribution in [0.3, 0.4) is 0 Å². The van der Waals surface area contributed by atoms with Crippen molar-refractivity contribution in [3.63, 3.8) is 0 Å². The third-order valence-electron chi connectivity index (χ3n) is 2.72. The summed E-state index contributed by atoms with van der Waals surface area (Å²) >= 11 is 3.35. The lowest BCUT2D eigenvalue weighted by Crippen LogP contribution is -2.23. The van der Waals surface area contributed by atoms with Gasteiger partial charge in [0.1, 0.15) is 0 Å². The molecule has 0 amide bonds. The van der Waals surface area contributed by atoms with Gasteiger partial charge in [-0.3, -0.25) is 9.36 Å². The maximum absolute atomic E-state index is 12.0. The lowest BCUT2D eigenvalue weighted by molar-refractivity contribution is 0.350. The lowest BCUT2D eigenvalue weighted by Gasteiger charge is -2.12. The molecule has 1 aromatic heterocycles. The van der Waals surface area contributed by atoms with Gasteiger partial charge in [-0.25, -0.2) is 4.98 Å². The summed E-state index contributed by atoms with van der Waals surface area (Å²) in [7, 11) is 1.49. The van der Waals surface area contributed by atoms with Crippen molar-refractivity contribution in [1.82, 2.24) is 9.55 Å². The zero-order chi connectivity index (χ0) is 14.0. The van der Waals surface area contributed by atoms with Crippen molar-refractivity contribution in [2.24, 2.45) is 0 Å². The molecule has 0 spiro atoms. The van der Waals surface area contributed by atoms with Gasteiger partial charge < -0.3 is 10.5 Å². The van der Waals surface area contributed by atoms with Gasteiger partial charge in [-0.15, -0.1) is 0 Å². The van der Waals surface area contributed by atoms with Crippen LogP contribution in [-0.4, -0.2) is 16.7 Å². The molecule has 0 bridgehead atoms. The number of aryl methyl sites for hydroxylation is 1. The molecule has 5 nitrogen and oxygen atoms in total. The van der Waals surface area contributed by atoms with Gasteiger partial charge >= 0.3 is 0 Å². The van der Waals surface area contributed by atoms with E-state index < -0.39 is 0 Å². The highest BCUT2D eigenvalue weighted by atomic mass is 79.9. The van der Waals surface area contributed by atoms with Crippen molar-refractivity contribution < 1.29 is 4.74 Å². The summed E-state index contributed by atoms with van der Waals surface area (Å²) < 4.78 is 7.49. The Morgan fingerprint density at radius 2 is 2.16 bits per heavy atom.